The molecule has 1 saturated heterocycles. The van der Waals surface area contributed by atoms with E-state index in [1.54, 1.807) is 6.92 Å². The van der Waals surface area contributed by atoms with Crippen molar-refractivity contribution in [2.45, 2.75) is 38.6 Å². The second-order valence-electron chi connectivity index (χ2n) is 5.29. The largest absolute Gasteiger partial charge is 0.502 e. The van der Waals surface area contributed by atoms with E-state index in [2.05, 4.69) is 0 Å². The first-order valence-electron chi connectivity index (χ1n) is 7.26. The summed E-state index contributed by atoms with van der Waals surface area (Å²) in [6.45, 7) is 2.22. The number of phenolic OH excluding ortho intramolecular Hbond substituents is 1. The zero-order valence-corrected chi connectivity index (χ0v) is 12.3. The SMILES string of the molecule is CCC(=O)[C@@H]1CCCCN1C(=O)c1ccc(O)c([N+](=O)[O-])c1. The van der Waals surface area contributed by atoms with Gasteiger partial charge in [0, 0.05) is 24.6 Å². The molecule has 1 atom stereocenters. The lowest BCUT2D eigenvalue weighted by Crippen LogP contribution is -2.47. The van der Waals surface area contributed by atoms with Gasteiger partial charge >= 0.3 is 5.69 Å². The Hall–Kier alpha value is -2.44. The number of hydrogen-bond acceptors (Lipinski definition) is 5. The fourth-order valence-corrected chi connectivity index (χ4v) is 2.71. The molecule has 1 aromatic rings. The lowest BCUT2D eigenvalue weighted by atomic mass is 9.96. The Morgan fingerprint density at radius 3 is 2.77 bits per heavy atom. The van der Waals surface area contributed by atoms with Crippen molar-refractivity contribution in [1.82, 2.24) is 4.90 Å². The normalized spacial score (nSPS) is 18.0. The van der Waals surface area contributed by atoms with Crippen molar-refractivity contribution >= 4 is 17.4 Å². The fraction of sp³-hybridized carbons (Fsp3) is 0.467. The summed E-state index contributed by atoms with van der Waals surface area (Å²) in [5.74, 6) is -0.891. The molecular weight excluding hydrogens is 288 g/mol. The summed E-state index contributed by atoms with van der Waals surface area (Å²) in [4.78, 5) is 36.2. The quantitative estimate of drug-likeness (QED) is 0.679. The first-order valence-corrected chi connectivity index (χ1v) is 7.26. The van der Waals surface area contributed by atoms with E-state index in [0.717, 1.165) is 25.0 Å². The number of ketones is 1. The van der Waals surface area contributed by atoms with Crippen LogP contribution in [0.1, 0.15) is 43.0 Å². The van der Waals surface area contributed by atoms with Gasteiger partial charge in [0.2, 0.25) is 0 Å². The maximum Gasteiger partial charge on any atom is 0.311 e. The van der Waals surface area contributed by atoms with E-state index < -0.39 is 28.3 Å². The van der Waals surface area contributed by atoms with Crippen LogP contribution in [0.4, 0.5) is 5.69 Å². The average molecular weight is 306 g/mol. The molecule has 0 aromatic heterocycles. The van der Waals surface area contributed by atoms with Gasteiger partial charge in [-0.3, -0.25) is 19.7 Å². The predicted molar refractivity (Wildman–Crippen MR) is 78.7 cm³/mol. The molecule has 1 aliphatic rings. The van der Waals surface area contributed by atoms with Crippen molar-refractivity contribution in [3.63, 3.8) is 0 Å². The number of aromatic hydroxyl groups is 1. The Kier molecular flexibility index (Phi) is 4.75. The highest BCUT2D eigenvalue weighted by Gasteiger charge is 2.32. The van der Waals surface area contributed by atoms with Crippen molar-refractivity contribution in [2.75, 3.05) is 6.54 Å². The maximum atomic E-state index is 12.6. The molecule has 0 spiro atoms. The first kappa shape index (κ1) is 15.9. The highest BCUT2D eigenvalue weighted by Crippen LogP contribution is 2.28. The van der Waals surface area contributed by atoms with Gasteiger partial charge in [-0.05, 0) is 31.4 Å². The smallest absolute Gasteiger partial charge is 0.311 e. The lowest BCUT2D eigenvalue weighted by Gasteiger charge is -2.34. The molecule has 1 fully saturated rings. The third-order valence-corrected chi connectivity index (χ3v) is 3.90. The van der Waals surface area contributed by atoms with Crippen LogP contribution < -0.4 is 0 Å². The van der Waals surface area contributed by atoms with E-state index >= 15 is 0 Å². The van der Waals surface area contributed by atoms with Crippen LogP contribution >= 0.6 is 0 Å². The second-order valence-corrected chi connectivity index (χ2v) is 5.29. The molecule has 0 radical (unpaired) electrons. The van der Waals surface area contributed by atoms with Crippen molar-refractivity contribution in [3.05, 3.63) is 33.9 Å². The standard InChI is InChI=1S/C15H18N2O5/c1-2-13(18)11-5-3-4-8-16(11)15(20)10-6-7-14(19)12(9-10)17(21)22/h6-7,9,11,19H,2-5,8H2,1H3/t11-/m0/s1. The molecular formula is C15H18N2O5. The van der Waals surface area contributed by atoms with Gasteiger partial charge in [-0.2, -0.15) is 0 Å². The van der Waals surface area contributed by atoms with Gasteiger partial charge in [0.05, 0.1) is 11.0 Å². The molecule has 118 valence electrons. The van der Waals surface area contributed by atoms with Gasteiger partial charge in [0.1, 0.15) is 0 Å². The highest BCUT2D eigenvalue weighted by atomic mass is 16.6. The molecule has 2 rings (SSSR count). The molecule has 0 saturated carbocycles. The summed E-state index contributed by atoms with van der Waals surface area (Å²) in [6, 6.07) is 3.07. The number of hydrogen-bond donors (Lipinski definition) is 1. The zero-order valence-electron chi connectivity index (χ0n) is 12.3. The molecule has 1 N–H and O–H groups in total. The average Bonchev–Trinajstić information content (AvgIpc) is 2.53. The lowest BCUT2D eigenvalue weighted by molar-refractivity contribution is -0.385. The van der Waals surface area contributed by atoms with Crippen LogP contribution in [0.5, 0.6) is 5.75 Å². The molecule has 0 unspecified atom stereocenters. The fourth-order valence-electron chi connectivity index (χ4n) is 2.71. The van der Waals surface area contributed by atoms with Gasteiger partial charge in [-0.1, -0.05) is 6.92 Å². The van der Waals surface area contributed by atoms with Crippen molar-refractivity contribution in [3.8, 4) is 5.75 Å². The van der Waals surface area contributed by atoms with Crippen LogP contribution in [0, 0.1) is 10.1 Å². The number of phenols is 1. The van der Waals surface area contributed by atoms with Crippen molar-refractivity contribution in [1.29, 1.82) is 0 Å². The van der Waals surface area contributed by atoms with E-state index in [9.17, 15) is 24.8 Å². The number of nitro benzene ring substituents is 1. The molecule has 7 heteroatoms. The number of nitro groups is 1. The Bertz CT molecular complexity index is 614. The minimum atomic E-state index is -0.739. The van der Waals surface area contributed by atoms with Crippen LogP contribution in [-0.4, -0.2) is 39.2 Å². The number of benzene rings is 1. The topological polar surface area (TPSA) is 101 Å². The van der Waals surface area contributed by atoms with Gasteiger partial charge < -0.3 is 10.0 Å². The molecule has 22 heavy (non-hydrogen) atoms. The summed E-state index contributed by atoms with van der Waals surface area (Å²) in [7, 11) is 0. The van der Waals surface area contributed by atoms with E-state index in [0.29, 0.717) is 19.4 Å². The maximum absolute atomic E-state index is 12.6. The number of likely N-dealkylation sites (tertiary alicyclic amines) is 1. The van der Waals surface area contributed by atoms with Gasteiger partial charge in [-0.15, -0.1) is 0 Å². The van der Waals surface area contributed by atoms with Crippen LogP contribution in [0.2, 0.25) is 0 Å². The number of piperidine rings is 1. The Labute approximate surface area is 127 Å². The van der Waals surface area contributed by atoms with E-state index in [1.807, 2.05) is 0 Å². The number of carbonyl (C=O) groups excluding carboxylic acids is 2. The van der Waals surface area contributed by atoms with Crippen molar-refractivity contribution in [2.24, 2.45) is 0 Å². The summed E-state index contributed by atoms with van der Waals surface area (Å²) >= 11 is 0. The number of amides is 1. The van der Waals surface area contributed by atoms with E-state index in [4.69, 9.17) is 0 Å². The Morgan fingerprint density at radius 2 is 2.14 bits per heavy atom. The number of carbonyl (C=O) groups is 2. The van der Waals surface area contributed by atoms with Crippen LogP contribution in [0.25, 0.3) is 0 Å². The summed E-state index contributed by atoms with van der Waals surface area (Å²) in [6.07, 6.45) is 2.66. The highest BCUT2D eigenvalue weighted by molar-refractivity contribution is 5.98. The third-order valence-electron chi connectivity index (χ3n) is 3.90. The minimum Gasteiger partial charge on any atom is -0.502 e. The van der Waals surface area contributed by atoms with Crippen molar-refractivity contribution < 1.29 is 19.6 Å². The molecule has 1 amide bonds. The Morgan fingerprint density at radius 1 is 1.41 bits per heavy atom. The summed E-state index contributed by atoms with van der Waals surface area (Å²) < 4.78 is 0. The monoisotopic (exact) mass is 306 g/mol. The Balaban J connectivity index is 2.31. The van der Waals surface area contributed by atoms with Gasteiger partial charge in [0.25, 0.3) is 5.91 Å². The predicted octanol–water partition coefficient (Wildman–Crippen LogP) is 2.27. The number of nitrogens with zero attached hydrogens (tertiary/aromatic N) is 2. The molecule has 0 bridgehead atoms. The summed E-state index contributed by atoms with van der Waals surface area (Å²) in [5.41, 5.74) is -0.401. The molecule has 7 nitrogen and oxygen atoms in total. The first-order chi connectivity index (χ1) is 10.5. The second kappa shape index (κ2) is 6.55. The minimum absolute atomic E-state index is 0.00123. The molecule has 0 aliphatic carbocycles. The summed E-state index contributed by atoms with van der Waals surface area (Å²) in [5, 5.41) is 20.3. The van der Waals surface area contributed by atoms with Crippen LogP contribution in [-0.2, 0) is 4.79 Å². The van der Waals surface area contributed by atoms with Gasteiger partial charge in [0.15, 0.2) is 11.5 Å². The van der Waals surface area contributed by atoms with Crippen LogP contribution in [0.15, 0.2) is 18.2 Å². The number of Topliss-reactive ketones (excluding diaryl/α,β-unsaturated/α-hetero) is 1. The third kappa shape index (κ3) is 3.08. The molecule has 1 heterocycles. The molecule has 1 aromatic carbocycles. The van der Waals surface area contributed by atoms with E-state index in [1.165, 1.54) is 11.0 Å². The van der Waals surface area contributed by atoms with Crippen LogP contribution in [0.3, 0.4) is 0 Å². The van der Waals surface area contributed by atoms with E-state index in [-0.39, 0.29) is 11.3 Å². The molecule has 1 aliphatic heterocycles. The number of rotatable bonds is 4. The van der Waals surface area contributed by atoms with Gasteiger partial charge in [-0.25, -0.2) is 0 Å². The zero-order chi connectivity index (χ0) is 16.3.